The first-order valence-corrected chi connectivity index (χ1v) is 20.0. The third kappa shape index (κ3) is 5.35. The van der Waals surface area contributed by atoms with Crippen LogP contribution in [0, 0.1) is 23.2 Å². The number of aromatic nitrogens is 2. The van der Waals surface area contributed by atoms with E-state index in [9.17, 15) is 5.26 Å². The molecule has 1 aliphatic heterocycles. The van der Waals surface area contributed by atoms with Gasteiger partial charge in [-0.1, -0.05) is 152 Å². The quantitative estimate of drug-likeness (QED) is 0.176. The third-order valence-electron chi connectivity index (χ3n) is 12.4. The van der Waals surface area contributed by atoms with Gasteiger partial charge in [0.15, 0.2) is 5.82 Å². The zero-order valence-electron chi connectivity index (χ0n) is 31.7. The Morgan fingerprint density at radius 2 is 1.21 bits per heavy atom. The summed E-state index contributed by atoms with van der Waals surface area (Å²) in [6, 6.07) is 57.1. The maximum atomic E-state index is 9.36. The summed E-state index contributed by atoms with van der Waals surface area (Å²) >= 11 is 0. The average Bonchev–Trinajstić information content (AvgIpc) is 3.59. The lowest BCUT2D eigenvalue weighted by atomic mass is 9.64. The van der Waals surface area contributed by atoms with Gasteiger partial charge in [0, 0.05) is 27.8 Å². The van der Waals surface area contributed by atoms with Crippen molar-refractivity contribution in [2.24, 2.45) is 11.8 Å². The Kier molecular flexibility index (Phi) is 8.01. The molecule has 274 valence electrons. The molecule has 2 unspecified atom stereocenters. The Morgan fingerprint density at radius 1 is 0.586 bits per heavy atom. The molecule has 3 aliphatic carbocycles. The number of ether oxygens (including phenoxy) is 1. The normalized spacial score (nSPS) is 18.0. The van der Waals surface area contributed by atoms with Gasteiger partial charge in [-0.2, -0.15) is 5.26 Å². The lowest BCUT2D eigenvalue weighted by Crippen LogP contribution is -2.33. The SMILES string of the molecule is N#Cc1ccc(C2=CCC(C3CC=CC4=C3c3cc(-c5nc(-c6ccccc6)cc(-c6ccccc6)n5)ccc3C43c4ccccc4Oc4ccccc43)C=C2)cc1. The van der Waals surface area contributed by atoms with E-state index >= 15 is 0 Å². The first-order valence-electron chi connectivity index (χ1n) is 20.0. The fourth-order valence-electron chi connectivity index (χ4n) is 9.73. The number of hydrogen-bond acceptors (Lipinski definition) is 4. The molecule has 0 saturated heterocycles. The highest BCUT2D eigenvalue weighted by atomic mass is 16.5. The van der Waals surface area contributed by atoms with Gasteiger partial charge in [0.05, 0.1) is 28.4 Å². The van der Waals surface area contributed by atoms with Gasteiger partial charge in [0.2, 0.25) is 0 Å². The number of rotatable bonds is 5. The summed E-state index contributed by atoms with van der Waals surface area (Å²) in [5, 5.41) is 9.36. The van der Waals surface area contributed by atoms with Crippen molar-refractivity contribution >= 4 is 11.1 Å². The number of allylic oxidation sites excluding steroid dienone is 8. The number of para-hydroxylation sites is 2. The Balaban J connectivity index is 1.11. The van der Waals surface area contributed by atoms with E-state index in [0.29, 0.717) is 11.4 Å². The van der Waals surface area contributed by atoms with Crippen LogP contribution in [0.5, 0.6) is 11.5 Å². The number of benzene rings is 6. The summed E-state index contributed by atoms with van der Waals surface area (Å²) in [5.74, 6) is 3.01. The Labute approximate surface area is 338 Å². The summed E-state index contributed by atoms with van der Waals surface area (Å²) in [4.78, 5) is 10.5. The van der Waals surface area contributed by atoms with E-state index < -0.39 is 5.41 Å². The van der Waals surface area contributed by atoms with E-state index in [-0.39, 0.29) is 11.8 Å². The van der Waals surface area contributed by atoms with Gasteiger partial charge in [0.25, 0.3) is 0 Å². The molecule has 1 spiro atoms. The maximum absolute atomic E-state index is 9.36. The van der Waals surface area contributed by atoms with Gasteiger partial charge < -0.3 is 4.74 Å². The van der Waals surface area contributed by atoms with Crippen molar-refractivity contribution in [1.29, 1.82) is 5.26 Å². The van der Waals surface area contributed by atoms with E-state index in [1.54, 1.807) is 0 Å². The fraction of sp³-hybridized carbons (Fsp3) is 0.0926. The zero-order valence-corrected chi connectivity index (χ0v) is 31.7. The monoisotopic (exact) mass is 743 g/mol. The van der Waals surface area contributed by atoms with E-state index in [1.807, 2.05) is 24.3 Å². The van der Waals surface area contributed by atoms with Crippen LogP contribution in [0.4, 0.5) is 0 Å². The predicted molar refractivity (Wildman–Crippen MR) is 232 cm³/mol. The molecule has 2 heterocycles. The second kappa shape index (κ2) is 13.7. The van der Waals surface area contributed by atoms with Crippen LogP contribution in [-0.2, 0) is 5.41 Å². The van der Waals surface area contributed by atoms with Crippen molar-refractivity contribution < 1.29 is 4.74 Å². The molecule has 6 aromatic carbocycles. The van der Waals surface area contributed by atoms with Crippen LogP contribution in [0.15, 0.2) is 194 Å². The molecule has 0 bridgehead atoms. The minimum absolute atomic E-state index is 0.238. The molecule has 1 aromatic heterocycles. The zero-order chi connectivity index (χ0) is 38.6. The van der Waals surface area contributed by atoms with Crippen molar-refractivity contribution in [2.75, 3.05) is 0 Å². The standard InChI is InChI=1S/C54H37N3O/c55-34-35-22-24-36(25-23-35)37-26-28-38(29-27-37)42-16-11-19-47-52(42)43-32-41(53-56-48(39-12-3-1-4-13-39)33-49(57-53)40-14-5-2-6-15-40)30-31-44(43)54(47)45-17-7-9-20-50(45)58-51-21-10-8-18-46(51)54/h1-15,17-28,30-33,38,42H,16,29H2. The first-order chi connectivity index (χ1) is 28.7. The van der Waals surface area contributed by atoms with Gasteiger partial charge in [-0.25, -0.2) is 9.97 Å². The highest BCUT2D eigenvalue weighted by Gasteiger charge is 2.53. The molecule has 11 rings (SSSR count). The molecule has 7 aromatic rings. The summed E-state index contributed by atoms with van der Waals surface area (Å²) in [7, 11) is 0. The Bertz CT molecular complexity index is 2830. The number of nitriles is 1. The number of nitrogens with zero attached hydrogens (tertiary/aromatic N) is 3. The van der Waals surface area contributed by atoms with Gasteiger partial charge in [-0.05, 0) is 94.5 Å². The van der Waals surface area contributed by atoms with E-state index in [4.69, 9.17) is 14.7 Å². The second-order valence-corrected chi connectivity index (χ2v) is 15.5. The maximum Gasteiger partial charge on any atom is 0.160 e. The van der Waals surface area contributed by atoms with Crippen LogP contribution < -0.4 is 4.74 Å². The van der Waals surface area contributed by atoms with Crippen LogP contribution in [0.1, 0.15) is 46.2 Å². The molecule has 4 nitrogen and oxygen atoms in total. The van der Waals surface area contributed by atoms with Crippen molar-refractivity contribution in [2.45, 2.75) is 18.3 Å². The molecule has 0 N–H and O–H groups in total. The smallest absolute Gasteiger partial charge is 0.160 e. The van der Waals surface area contributed by atoms with Crippen LogP contribution in [-0.4, -0.2) is 9.97 Å². The molecule has 2 atom stereocenters. The highest BCUT2D eigenvalue weighted by Crippen LogP contribution is 2.64. The third-order valence-corrected chi connectivity index (χ3v) is 12.4. The second-order valence-electron chi connectivity index (χ2n) is 15.5. The number of fused-ring (bicyclic) bond motifs is 8. The molecule has 0 saturated carbocycles. The van der Waals surface area contributed by atoms with Crippen molar-refractivity contribution in [3.8, 4) is 51.5 Å². The van der Waals surface area contributed by atoms with Crippen LogP contribution in [0.25, 0.3) is 45.0 Å². The largest absolute Gasteiger partial charge is 0.457 e. The van der Waals surface area contributed by atoms with E-state index in [2.05, 4.69) is 170 Å². The highest BCUT2D eigenvalue weighted by molar-refractivity contribution is 5.93. The Morgan fingerprint density at radius 3 is 1.83 bits per heavy atom. The predicted octanol–water partition coefficient (Wildman–Crippen LogP) is 12.8. The summed E-state index contributed by atoms with van der Waals surface area (Å²) in [6.45, 7) is 0. The fourth-order valence-corrected chi connectivity index (χ4v) is 9.73. The number of hydrogen-bond donors (Lipinski definition) is 0. The molecule has 0 radical (unpaired) electrons. The van der Waals surface area contributed by atoms with Gasteiger partial charge in [0.1, 0.15) is 11.5 Å². The average molecular weight is 744 g/mol. The summed E-state index contributed by atoms with van der Waals surface area (Å²) in [6.07, 6.45) is 13.7. The van der Waals surface area contributed by atoms with E-state index in [1.165, 1.54) is 27.8 Å². The lowest BCUT2D eigenvalue weighted by molar-refractivity contribution is 0.434. The summed E-state index contributed by atoms with van der Waals surface area (Å²) < 4.78 is 6.67. The van der Waals surface area contributed by atoms with Gasteiger partial charge in [-0.15, -0.1) is 0 Å². The molecule has 0 fully saturated rings. The molecular weight excluding hydrogens is 707 g/mol. The lowest BCUT2D eigenvalue weighted by Gasteiger charge is -2.41. The molecule has 4 aliphatic rings. The van der Waals surface area contributed by atoms with Crippen molar-refractivity contribution in [3.05, 3.63) is 227 Å². The first kappa shape index (κ1) is 33.9. The van der Waals surface area contributed by atoms with Gasteiger partial charge in [-0.3, -0.25) is 0 Å². The van der Waals surface area contributed by atoms with Crippen LogP contribution >= 0.6 is 0 Å². The molecule has 58 heavy (non-hydrogen) atoms. The van der Waals surface area contributed by atoms with Crippen LogP contribution in [0.3, 0.4) is 0 Å². The molecule has 0 amide bonds. The minimum atomic E-state index is -0.562. The van der Waals surface area contributed by atoms with Crippen molar-refractivity contribution in [1.82, 2.24) is 9.97 Å². The Hall–Kier alpha value is -7.35. The van der Waals surface area contributed by atoms with E-state index in [0.717, 1.165) is 69.1 Å². The topological polar surface area (TPSA) is 58.8 Å². The van der Waals surface area contributed by atoms with Gasteiger partial charge >= 0.3 is 0 Å². The molecule has 4 heteroatoms. The molecular formula is C54H37N3O. The minimum Gasteiger partial charge on any atom is -0.457 e. The van der Waals surface area contributed by atoms with Crippen molar-refractivity contribution in [3.63, 3.8) is 0 Å². The van der Waals surface area contributed by atoms with Crippen LogP contribution in [0.2, 0.25) is 0 Å². The summed E-state index contributed by atoms with van der Waals surface area (Å²) in [5.41, 5.74) is 14.9.